The molecule has 1 aromatic heterocycles. The summed E-state index contributed by atoms with van der Waals surface area (Å²) in [5.74, 6) is -1.74. The number of piperidine rings is 1. The smallest absolute Gasteiger partial charge is 0.272 e. The van der Waals surface area contributed by atoms with Crippen molar-refractivity contribution in [2.45, 2.75) is 38.5 Å². The molecule has 9 heteroatoms. The number of carbonyl (C=O) groups excluding carboxylic acids is 1. The molecule has 0 bridgehead atoms. The fourth-order valence-corrected chi connectivity index (χ4v) is 5.36. The van der Waals surface area contributed by atoms with Crippen molar-refractivity contribution in [2.75, 3.05) is 18.4 Å². The van der Waals surface area contributed by atoms with E-state index < -0.39 is 27.6 Å². The van der Waals surface area contributed by atoms with E-state index in [0.29, 0.717) is 24.7 Å². The monoisotopic (exact) mass is 411 g/mol. The summed E-state index contributed by atoms with van der Waals surface area (Å²) in [4.78, 5) is 15.4. The van der Waals surface area contributed by atoms with Crippen molar-refractivity contribution in [2.24, 2.45) is 5.92 Å². The van der Waals surface area contributed by atoms with Gasteiger partial charge in [0.05, 0.1) is 5.69 Å². The molecule has 3 rings (SSSR count). The summed E-state index contributed by atoms with van der Waals surface area (Å²) in [6.07, 6.45) is 1.57. The lowest BCUT2D eigenvalue weighted by Crippen LogP contribution is -2.38. The van der Waals surface area contributed by atoms with E-state index in [0.717, 1.165) is 31.0 Å². The third-order valence-corrected chi connectivity index (χ3v) is 7.29. The lowest BCUT2D eigenvalue weighted by atomic mass is 10.0. The lowest BCUT2D eigenvalue weighted by molar-refractivity contribution is 0.102. The second-order valence-electron chi connectivity index (χ2n) is 7.24. The number of carbonyl (C=O) groups is 1. The van der Waals surface area contributed by atoms with Crippen molar-refractivity contribution < 1.29 is 22.0 Å². The van der Waals surface area contributed by atoms with Crippen LogP contribution in [0.1, 0.15) is 41.5 Å². The highest BCUT2D eigenvalue weighted by atomic mass is 32.2. The number of halogens is 2. The highest BCUT2D eigenvalue weighted by Gasteiger charge is 2.33. The molecule has 1 aliphatic heterocycles. The van der Waals surface area contributed by atoms with Crippen molar-refractivity contribution in [3.63, 3.8) is 0 Å². The van der Waals surface area contributed by atoms with Gasteiger partial charge in [0.1, 0.15) is 22.2 Å². The largest absolute Gasteiger partial charge is 0.353 e. The Balaban J connectivity index is 1.91. The van der Waals surface area contributed by atoms with Crippen LogP contribution in [0.2, 0.25) is 0 Å². The Morgan fingerprint density at radius 1 is 1.21 bits per heavy atom. The average Bonchev–Trinajstić information content (AvgIpc) is 2.93. The summed E-state index contributed by atoms with van der Waals surface area (Å²) in [5.41, 5.74) is 0.280. The quantitative estimate of drug-likeness (QED) is 0.807. The van der Waals surface area contributed by atoms with E-state index >= 15 is 0 Å². The SMILES string of the molecule is Cc1[nH]c(C(=O)Nc2cc(F)ccc2F)c(C)c1S(=O)(=O)N1CCC(C)CC1. The van der Waals surface area contributed by atoms with E-state index in [1.54, 1.807) is 6.92 Å². The Bertz CT molecular complexity index is 1010. The second-order valence-corrected chi connectivity index (χ2v) is 9.12. The van der Waals surface area contributed by atoms with E-state index in [-0.39, 0.29) is 21.8 Å². The Hall–Kier alpha value is -2.26. The normalized spacial score (nSPS) is 16.3. The lowest BCUT2D eigenvalue weighted by Gasteiger charge is -2.29. The average molecular weight is 411 g/mol. The highest BCUT2D eigenvalue weighted by molar-refractivity contribution is 7.89. The van der Waals surface area contributed by atoms with Crippen molar-refractivity contribution in [3.05, 3.63) is 46.8 Å². The van der Waals surface area contributed by atoms with E-state index in [1.165, 1.54) is 11.2 Å². The first kappa shape index (κ1) is 20.5. The number of rotatable bonds is 4. The number of benzene rings is 1. The molecule has 0 saturated carbocycles. The van der Waals surface area contributed by atoms with Crippen LogP contribution in [-0.2, 0) is 10.0 Å². The van der Waals surface area contributed by atoms with Crippen LogP contribution in [0.15, 0.2) is 23.1 Å². The summed E-state index contributed by atoms with van der Waals surface area (Å²) >= 11 is 0. The highest BCUT2D eigenvalue weighted by Crippen LogP contribution is 2.30. The number of hydrogen-bond acceptors (Lipinski definition) is 3. The molecule has 2 N–H and O–H groups in total. The minimum Gasteiger partial charge on any atom is -0.353 e. The number of amides is 1. The third kappa shape index (κ3) is 3.81. The van der Waals surface area contributed by atoms with Gasteiger partial charge in [-0.2, -0.15) is 4.31 Å². The van der Waals surface area contributed by atoms with E-state index in [1.807, 2.05) is 0 Å². The minimum absolute atomic E-state index is 0.00473. The second kappa shape index (κ2) is 7.63. The van der Waals surface area contributed by atoms with Gasteiger partial charge in [0.15, 0.2) is 0 Å². The first-order valence-electron chi connectivity index (χ1n) is 9.07. The third-order valence-electron chi connectivity index (χ3n) is 5.11. The Morgan fingerprint density at radius 3 is 2.50 bits per heavy atom. The zero-order valence-electron chi connectivity index (χ0n) is 16.0. The summed E-state index contributed by atoms with van der Waals surface area (Å²) in [6, 6.07) is 2.72. The first-order valence-corrected chi connectivity index (χ1v) is 10.5. The molecule has 1 saturated heterocycles. The van der Waals surface area contributed by atoms with Gasteiger partial charge < -0.3 is 10.3 Å². The predicted molar refractivity (Wildman–Crippen MR) is 102 cm³/mol. The number of nitrogens with one attached hydrogen (secondary N) is 2. The number of sulfonamides is 1. The van der Waals surface area contributed by atoms with E-state index in [2.05, 4.69) is 17.2 Å². The van der Waals surface area contributed by atoms with E-state index in [9.17, 15) is 22.0 Å². The maximum atomic E-state index is 13.8. The molecule has 1 fully saturated rings. The number of hydrogen-bond donors (Lipinski definition) is 2. The van der Waals surface area contributed by atoms with Gasteiger partial charge in [-0.15, -0.1) is 0 Å². The molecule has 2 heterocycles. The van der Waals surface area contributed by atoms with Crippen LogP contribution in [0.5, 0.6) is 0 Å². The molecule has 2 aromatic rings. The molecule has 0 aliphatic carbocycles. The van der Waals surface area contributed by atoms with Crippen LogP contribution >= 0.6 is 0 Å². The molecule has 0 atom stereocenters. The van der Waals surface area contributed by atoms with Gasteiger partial charge in [0.2, 0.25) is 10.0 Å². The first-order chi connectivity index (χ1) is 13.1. The zero-order chi connectivity index (χ0) is 20.6. The standard InChI is InChI=1S/C19H23F2N3O3S/c1-11-6-8-24(9-7-11)28(26,27)18-12(2)17(22-13(18)3)19(25)23-16-10-14(20)4-5-15(16)21/h4-5,10-11,22H,6-9H2,1-3H3,(H,23,25). The van der Waals surface area contributed by atoms with Crippen LogP contribution in [0, 0.1) is 31.4 Å². The molecule has 1 aromatic carbocycles. The Morgan fingerprint density at radius 2 is 1.86 bits per heavy atom. The van der Waals surface area contributed by atoms with Gasteiger partial charge in [-0.25, -0.2) is 17.2 Å². The molecular formula is C19H23F2N3O3S. The molecular weight excluding hydrogens is 388 g/mol. The molecule has 0 unspecified atom stereocenters. The maximum absolute atomic E-state index is 13.8. The van der Waals surface area contributed by atoms with Gasteiger partial charge in [0, 0.05) is 24.8 Å². The van der Waals surface area contributed by atoms with Gasteiger partial charge in [-0.1, -0.05) is 6.92 Å². The zero-order valence-corrected chi connectivity index (χ0v) is 16.8. The molecule has 6 nitrogen and oxygen atoms in total. The topological polar surface area (TPSA) is 82.3 Å². The molecule has 1 amide bonds. The molecule has 0 radical (unpaired) electrons. The van der Waals surface area contributed by atoms with Crippen molar-refractivity contribution in [1.29, 1.82) is 0 Å². The number of aromatic nitrogens is 1. The number of aryl methyl sites for hydroxylation is 1. The summed E-state index contributed by atoms with van der Waals surface area (Å²) in [7, 11) is -3.76. The number of aromatic amines is 1. The van der Waals surface area contributed by atoms with Crippen LogP contribution in [0.4, 0.5) is 14.5 Å². The molecule has 152 valence electrons. The fourth-order valence-electron chi connectivity index (χ4n) is 3.48. The summed E-state index contributed by atoms with van der Waals surface area (Å²) in [5, 5.41) is 2.29. The number of H-pyrrole nitrogens is 1. The van der Waals surface area contributed by atoms with Gasteiger partial charge in [-0.05, 0) is 50.3 Å². The predicted octanol–water partition coefficient (Wildman–Crippen LogP) is 3.58. The van der Waals surface area contributed by atoms with Crippen molar-refractivity contribution in [3.8, 4) is 0 Å². The molecule has 0 spiro atoms. The van der Waals surface area contributed by atoms with E-state index in [4.69, 9.17) is 0 Å². The number of nitrogens with zero attached hydrogens (tertiary/aromatic N) is 1. The Labute approximate surface area is 163 Å². The fraction of sp³-hybridized carbons (Fsp3) is 0.421. The maximum Gasteiger partial charge on any atom is 0.272 e. The van der Waals surface area contributed by atoms with Gasteiger partial charge >= 0.3 is 0 Å². The van der Waals surface area contributed by atoms with Crippen molar-refractivity contribution >= 4 is 21.6 Å². The van der Waals surface area contributed by atoms with Crippen molar-refractivity contribution in [1.82, 2.24) is 9.29 Å². The van der Waals surface area contributed by atoms with Gasteiger partial charge in [0.25, 0.3) is 5.91 Å². The summed E-state index contributed by atoms with van der Waals surface area (Å²) in [6.45, 7) is 6.06. The van der Waals surface area contributed by atoms with Crippen LogP contribution in [0.25, 0.3) is 0 Å². The molecule has 1 aliphatic rings. The Kier molecular flexibility index (Phi) is 5.58. The van der Waals surface area contributed by atoms with Crippen LogP contribution in [-0.4, -0.2) is 36.7 Å². The van der Waals surface area contributed by atoms with Crippen LogP contribution < -0.4 is 5.32 Å². The molecule has 28 heavy (non-hydrogen) atoms. The van der Waals surface area contributed by atoms with Crippen LogP contribution in [0.3, 0.4) is 0 Å². The summed E-state index contributed by atoms with van der Waals surface area (Å²) < 4.78 is 54.7. The minimum atomic E-state index is -3.76. The van der Waals surface area contributed by atoms with Gasteiger partial charge in [-0.3, -0.25) is 4.79 Å². The number of anilines is 1.